The molecule has 1 saturated heterocycles. The van der Waals surface area contributed by atoms with Crippen molar-refractivity contribution in [3.05, 3.63) is 40.1 Å². The lowest BCUT2D eigenvalue weighted by molar-refractivity contribution is -0.159. The maximum absolute atomic E-state index is 13.5. The van der Waals surface area contributed by atoms with Crippen LogP contribution in [0.25, 0.3) is 6.08 Å². The molecule has 112 valence electrons. The molecule has 4 nitrogen and oxygen atoms in total. The zero-order valence-corrected chi connectivity index (χ0v) is 13.1. The minimum Gasteiger partial charge on any atom is -0.462 e. The number of carbonyl (C=O) groups excluding carboxylic acids is 2. The van der Waals surface area contributed by atoms with Crippen LogP contribution in [0.4, 0.5) is 4.39 Å². The molecule has 0 N–H and O–H groups in total. The molecule has 1 aromatic carbocycles. The number of hydrogen-bond donors (Lipinski definition) is 0. The van der Waals surface area contributed by atoms with Crippen molar-refractivity contribution in [2.75, 3.05) is 6.61 Å². The van der Waals surface area contributed by atoms with Crippen LogP contribution in [0.1, 0.15) is 19.4 Å². The number of halogens is 2. The Kier molecular flexibility index (Phi) is 4.46. The fraction of sp³-hybridized carbons (Fsp3) is 0.333. The summed E-state index contributed by atoms with van der Waals surface area (Å²) in [6, 6.07) is 4.38. The van der Waals surface area contributed by atoms with Crippen LogP contribution >= 0.6 is 15.9 Å². The first-order chi connectivity index (χ1) is 9.79. The molecule has 0 unspecified atom stereocenters. The third kappa shape index (κ3) is 3.69. The lowest BCUT2D eigenvalue weighted by Crippen LogP contribution is -2.34. The van der Waals surface area contributed by atoms with E-state index < -0.39 is 29.3 Å². The maximum atomic E-state index is 13.5. The Labute approximate surface area is 130 Å². The van der Waals surface area contributed by atoms with Crippen LogP contribution in [-0.2, 0) is 19.1 Å². The third-order valence-electron chi connectivity index (χ3n) is 3.10. The molecule has 0 amide bonds. The van der Waals surface area contributed by atoms with Crippen molar-refractivity contribution in [3.8, 4) is 0 Å². The molecule has 21 heavy (non-hydrogen) atoms. The van der Waals surface area contributed by atoms with Crippen LogP contribution in [0.3, 0.4) is 0 Å². The molecular weight excluding hydrogens is 343 g/mol. The van der Waals surface area contributed by atoms with E-state index in [1.807, 2.05) is 0 Å². The highest BCUT2D eigenvalue weighted by Gasteiger charge is 2.46. The van der Waals surface area contributed by atoms with Crippen molar-refractivity contribution in [2.45, 2.75) is 20.0 Å². The van der Waals surface area contributed by atoms with Crippen molar-refractivity contribution in [1.29, 1.82) is 0 Å². The molecule has 2 rings (SSSR count). The highest BCUT2D eigenvalue weighted by Crippen LogP contribution is 2.31. The highest BCUT2D eigenvalue weighted by atomic mass is 79.9. The van der Waals surface area contributed by atoms with Crippen LogP contribution in [-0.4, -0.2) is 24.6 Å². The van der Waals surface area contributed by atoms with Crippen molar-refractivity contribution in [2.24, 2.45) is 5.41 Å². The number of ether oxygens (including phenoxy) is 2. The van der Waals surface area contributed by atoms with Crippen molar-refractivity contribution in [1.82, 2.24) is 0 Å². The van der Waals surface area contributed by atoms with E-state index >= 15 is 0 Å². The lowest BCUT2D eigenvalue weighted by Gasteiger charge is -2.20. The summed E-state index contributed by atoms with van der Waals surface area (Å²) in [6.07, 6.45) is 1.45. The first kappa shape index (κ1) is 15.7. The Morgan fingerprint density at radius 3 is 2.86 bits per heavy atom. The molecule has 1 aliphatic rings. The standard InChI is InChI=1S/C15H14BrFO4/c1-15(2)8-20-14(19)13(15)21-12(18)6-3-9-7-10(16)4-5-11(9)17/h3-7,13H,8H2,1-2H3/b6-3+/t13-/m0/s1. The Morgan fingerprint density at radius 2 is 2.24 bits per heavy atom. The van der Waals surface area contributed by atoms with Crippen LogP contribution in [0, 0.1) is 11.2 Å². The van der Waals surface area contributed by atoms with E-state index in [9.17, 15) is 14.0 Å². The van der Waals surface area contributed by atoms with Gasteiger partial charge in [-0.25, -0.2) is 14.0 Å². The largest absolute Gasteiger partial charge is 0.462 e. The fourth-order valence-corrected chi connectivity index (χ4v) is 2.27. The lowest BCUT2D eigenvalue weighted by atomic mass is 9.90. The molecule has 1 heterocycles. The summed E-state index contributed by atoms with van der Waals surface area (Å²) in [5.74, 6) is -1.73. The number of rotatable bonds is 3. The van der Waals surface area contributed by atoms with E-state index in [-0.39, 0.29) is 12.2 Å². The van der Waals surface area contributed by atoms with Gasteiger partial charge in [0.25, 0.3) is 0 Å². The zero-order chi connectivity index (χ0) is 15.6. The van der Waals surface area contributed by atoms with Gasteiger partial charge in [-0.05, 0) is 24.3 Å². The van der Waals surface area contributed by atoms with Crippen molar-refractivity contribution >= 4 is 33.9 Å². The second kappa shape index (κ2) is 5.97. The molecule has 1 aliphatic heterocycles. The summed E-state index contributed by atoms with van der Waals surface area (Å²) in [4.78, 5) is 23.3. The fourth-order valence-electron chi connectivity index (χ4n) is 1.89. The average Bonchev–Trinajstić information content (AvgIpc) is 2.67. The molecule has 0 aromatic heterocycles. The van der Waals surface area contributed by atoms with Gasteiger partial charge < -0.3 is 9.47 Å². The number of benzene rings is 1. The molecule has 1 atom stereocenters. The van der Waals surface area contributed by atoms with Crippen LogP contribution in [0.15, 0.2) is 28.7 Å². The van der Waals surface area contributed by atoms with E-state index in [0.717, 1.165) is 6.08 Å². The summed E-state index contributed by atoms with van der Waals surface area (Å²) in [5, 5.41) is 0. The van der Waals surface area contributed by atoms with Gasteiger partial charge in [0, 0.05) is 21.5 Å². The summed E-state index contributed by atoms with van der Waals surface area (Å²) in [7, 11) is 0. The molecule has 6 heteroatoms. The molecule has 1 fully saturated rings. The molecule has 0 radical (unpaired) electrons. The van der Waals surface area contributed by atoms with E-state index in [1.54, 1.807) is 19.9 Å². The summed E-state index contributed by atoms with van der Waals surface area (Å²) >= 11 is 3.22. The highest BCUT2D eigenvalue weighted by molar-refractivity contribution is 9.10. The minimum atomic E-state index is -0.943. The van der Waals surface area contributed by atoms with Gasteiger partial charge in [-0.2, -0.15) is 0 Å². The number of esters is 2. The van der Waals surface area contributed by atoms with Gasteiger partial charge in [0.15, 0.2) is 0 Å². The second-order valence-electron chi connectivity index (χ2n) is 5.41. The predicted octanol–water partition coefficient (Wildman–Crippen LogP) is 3.10. The summed E-state index contributed by atoms with van der Waals surface area (Å²) in [5.41, 5.74) is -0.323. The number of carbonyl (C=O) groups is 2. The Morgan fingerprint density at radius 1 is 1.52 bits per heavy atom. The van der Waals surface area contributed by atoms with Gasteiger partial charge in [0.2, 0.25) is 6.10 Å². The van der Waals surface area contributed by atoms with E-state index in [0.29, 0.717) is 4.47 Å². The van der Waals surface area contributed by atoms with Gasteiger partial charge in [-0.3, -0.25) is 0 Å². The van der Waals surface area contributed by atoms with Gasteiger partial charge in [-0.1, -0.05) is 29.8 Å². The van der Waals surface area contributed by atoms with Crippen LogP contribution < -0.4 is 0 Å². The Bertz CT molecular complexity index is 610. The van der Waals surface area contributed by atoms with E-state index in [4.69, 9.17) is 9.47 Å². The third-order valence-corrected chi connectivity index (χ3v) is 3.59. The average molecular weight is 357 g/mol. The van der Waals surface area contributed by atoms with Gasteiger partial charge in [-0.15, -0.1) is 0 Å². The molecule has 0 saturated carbocycles. The van der Waals surface area contributed by atoms with Crippen molar-refractivity contribution < 1.29 is 23.5 Å². The van der Waals surface area contributed by atoms with E-state index in [2.05, 4.69) is 15.9 Å². The van der Waals surface area contributed by atoms with Gasteiger partial charge in [0.1, 0.15) is 12.4 Å². The normalized spacial score (nSPS) is 20.6. The monoisotopic (exact) mass is 356 g/mol. The second-order valence-corrected chi connectivity index (χ2v) is 6.33. The smallest absolute Gasteiger partial charge is 0.348 e. The summed E-state index contributed by atoms with van der Waals surface area (Å²) < 4.78 is 24.2. The molecular formula is C15H14BrFO4. The number of cyclic esters (lactones) is 1. The maximum Gasteiger partial charge on any atom is 0.348 e. The topological polar surface area (TPSA) is 52.6 Å². The molecule has 1 aromatic rings. The van der Waals surface area contributed by atoms with Crippen LogP contribution in [0.5, 0.6) is 0 Å². The van der Waals surface area contributed by atoms with Crippen LogP contribution in [0.2, 0.25) is 0 Å². The Hall–Kier alpha value is -1.69. The van der Waals surface area contributed by atoms with E-state index in [1.165, 1.54) is 18.2 Å². The summed E-state index contributed by atoms with van der Waals surface area (Å²) in [6.45, 7) is 3.74. The Balaban J connectivity index is 2.06. The quantitative estimate of drug-likeness (QED) is 0.616. The first-order valence-corrected chi connectivity index (χ1v) is 7.09. The predicted molar refractivity (Wildman–Crippen MR) is 77.8 cm³/mol. The molecule has 0 bridgehead atoms. The minimum absolute atomic E-state index is 0.202. The number of hydrogen-bond acceptors (Lipinski definition) is 4. The zero-order valence-electron chi connectivity index (χ0n) is 11.6. The molecule has 0 spiro atoms. The SMILES string of the molecule is CC1(C)COC(=O)[C@@H]1OC(=O)/C=C/c1cc(Br)ccc1F. The van der Waals surface area contributed by atoms with Gasteiger partial charge in [0.05, 0.1) is 0 Å². The first-order valence-electron chi connectivity index (χ1n) is 6.30. The van der Waals surface area contributed by atoms with Crippen molar-refractivity contribution in [3.63, 3.8) is 0 Å². The molecule has 0 aliphatic carbocycles. The van der Waals surface area contributed by atoms with Gasteiger partial charge >= 0.3 is 11.9 Å².